The number of rotatable bonds is 4. The normalized spacial score (nSPS) is 14.2. The van der Waals surface area contributed by atoms with Gasteiger partial charge in [0.15, 0.2) is 0 Å². The first kappa shape index (κ1) is 17.7. The van der Waals surface area contributed by atoms with Crippen LogP contribution in [0.2, 0.25) is 0 Å². The molecule has 1 aromatic carbocycles. The predicted octanol–water partition coefficient (Wildman–Crippen LogP) is 2.27. The Morgan fingerprint density at radius 3 is 2.38 bits per heavy atom. The van der Waals surface area contributed by atoms with Gasteiger partial charge in [0.1, 0.15) is 17.8 Å². The second kappa shape index (κ2) is 7.38. The van der Waals surface area contributed by atoms with E-state index in [1.807, 2.05) is 6.92 Å². The molecule has 26 heavy (non-hydrogen) atoms. The van der Waals surface area contributed by atoms with Crippen molar-refractivity contribution in [3.8, 4) is 5.75 Å². The number of aromatic nitrogens is 1. The molecule has 1 fully saturated rings. The zero-order valence-electron chi connectivity index (χ0n) is 14.7. The monoisotopic (exact) mass is 356 g/mol. The van der Waals surface area contributed by atoms with Crippen molar-refractivity contribution in [3.63, 3.8) is 0 Å². The number of anilines is 1. The Kier molecular flexibility index (Phi) is 5.01. The number of ether oxygens (including phenoxy) is 1. The van der Waals surface area contributed by atoms with Gasteiger partial charge in [0.05, 0.1) is 12.0 Å². The fourth-order valence-corrected chi connectivity index (χ4v) is 3.02. The maximum Gasteiger partial charge on any atom is 0.287 e. The molecule has 1 aliphatic rings. The SMILES string of the molecule is COc1ccc(C(=O)N2CCN(c3ncc([N+](=O)[O-])cc3C)CC2)cc1. The number of benzene rings is 1. The average Bonchev–Trinajstić information content (AvgIpc) is 2.67. The first-order valence-corrected chi connectivity index (χ1v) is 8.29. The van der Waals surface area contributed by atoms with Crippen molar-refractivity contribution >= 4 is 17.4 Å². The van der Waals surface area contributed by atoms with Gasteiger partial charge in [-0.2, -0.15) is 0 Å². The van der Waals surface area contributed by atoms with Gasteiger partial charge in [-0.1, -0.05) is 0 Å². The quantitative estimate of drug-likeness (QED) is 0.617. The van der Waals surface area contributed by atoms with E-state index in [1.165, 1.54) is 12.3 Å². The highest BCUT2D eigenvalue weighted by atomic mass is 16.6. The molecule has 0 bridgehead atoms. The second-order valence-electron chi connectivity index (χ2n) is 6.10. The lowest BCUT2D eigenvalue weighted by Gasteiger charge is -2.36. The highest BCUT2D eigenvalue weighted by Crippen LogP contribution is 2.23. The molecular formula is C18H20N4O4. The van der Waals surface area contributed by atoms with Gasteiger partial charge >= 0.3 is 0 Å². The summed E-state index contributed by atoms with van der Waals surface area (Å²) in [5.41, 5.74) is 1.37. The Labute approximate surface area is 151 Å². The van der Waals surface area contributed by atoms with Crippen molar-refractivity contribution in [1.82, 2.24) is 9.88 Å². The van der Waals surface area contributed by atoms with Gasteiger partial charge in [-0.05, 0) is 36.8 Å². The minimum Gasteiger partial charge on any atom is -0.497 e. The molecule has 0 radical (unpaired) electrons. The molecule has 0 saturated carbocycles. The summed E-state index contributed by atoms with van der Waals surface area (Å²) in [4.78, 5) is 31.1. The van der Waals surface area contributed by atoms with Gasteiger partial charge in [0, 0.05) is 37.8 Å². The standard InChI is InChI=1S/C18H20N4O4/c1-13-11-15(22(24)25)12-19-17(13)20-7-9-21(10-8-20)18(23)14-3-5-16(26-2)6-4-14/h3-6,11-12H,7-10H2,1-2H3. The van der Waals surface area contributed by atoms with E-state index < -0.39 is 4.92 Å². The third kappa shape index (κ3) is 3.58. The summed E-state index contributed by atoms with van der Waals surface area (Å²) in [6.45, 7) is 4.22. The Morgan fingerprint density at radius 1 is 1.19 bits per heavy atom. The fourth-order valence-electron chi connectivity index (χ4n) is 3.02. The zero-order chi connectivity index (χ0) is 18.7. The van der Waals surface area contributed by atoms with Gasteiger partial charge in [0.2, 0.25) is 0 Å². The maximum atomic E-state index is 12.6. The molecule has 1 amide bonds. The molecule has 0 spiro atoms. The number of carbonyl (C=O) groups excluding carboxylic acids is 1. The molecule has 1 aromatic heterocycles. The van der Waals surface area contributed by atoms with E-state index in [4.69, 9.17) is 4.74 Å². The molecule has 136 valence electrons. The van der Waals surface area contributed by atoms with E-state index in [1.54, 1.807) is 36.3 Å². The first-order valence-electron chi connectivity index (χ1n) is 8.29. The summed E-state index contributed by atoms with van der Waals surface area (Å²) in [5, 5.41) is 10.8. The fraction of sp³-hybridized carbons (Fsp3) is 0.333. The van der Waals surface area contributed by atoms with Crippen molar-refractivity contribution in [1.29, 1.82) is 0 Å². The molecule has 0 aliphatic carbocycles. The number of amides is 1. The highest BCUT2D eigenvalue weighted by molar-refractivity contribution is 5.94. The molecule has 1 aliphatic heterocycles. The third-order valence-electron chi connectivity index (χ3n) is 4.45. The Balaban J connectivity index is 1.65. The summed E-state index contributed by atoms with van der Waals surface area (Å²) in [5.74, 6) is 1.43. The van der Waals surface area contributed by atoms with Crippen molar-refractivity contribution in [2.24, 2.45) is 0 Å². The van der Waals surface area contributed by atoms with Crippen molar-refractivity contribution in [3.05, 3.63) is 57.8 Å². The molecular weight excluding hydrogens is 336 g/mol. The minimum atomic E-state index is -0.449. The van der Waals surface area contributed by atoms with E-state index in [-0.39, 0.29) is 11.6 Å². The van der Waals surface area contributed by atoms with Crippen LogP contribution in [0, 0.1) is 17.0 Å². The maximum absolute atomic E-state index is 12.6. The van der Waals surface area contributed by atoms with Gasteiger partial charge in [-0.25, -0.2) is 4.98 Å². The number of carbonyl (C=O) groups is 1. The smallest absolute Gasteiger partial charge is 0.287 e. The summed E-state index contributed by atoms with van der Waals surface area (Å²) in [7, 11) is 1.59. The summed E-state index contributed by atoms with van der Waals surface area (Å²) < 4.78 is 5.11. The first-order chi connectivity index (χ1) is 12.5. The highest BCUT2D eigenvalue weighted by Gasteiger charge is 2.24. The van der Waals surface area contributed by atoms with E-state index in [0.717, 1.165) is 11.4 Å². The van der Waals surface area contributed by atoms with Gasteiger partial charge in [-0.3, -0.25) is 14.9 Å². The summed E-state index contributed by atoms with van der Waals surface area (Å²) in [6.07, 6.45) is 1.28. The largest absolute Gasteiger partial charge is 0.497 e. The Hall–Kier alpha value is -3.16. The van der Waals surface area contributed by atoms with Crippen molar-refractivity contribution in [2.75, 3.05) is 38.2 Å². The van der Waals surface area contributed by atoms with Crippen LogP contribution in [0.4, 0.5) is 11.5 Å². The van der Waals surface area contributed by atoms with E-state index in [2.05, 4.69) is 9.88 Å². The molecule has 0 unspecified atom stereocenters. The third-order valence-corrected chi connectivity index (χ3v) is 4.45. The molecule has 8 heteroatoms. The number of nitrogens with zero attached hydrogens (tertiary/aromatic N) is 4. The molecule has 0 atom stereocenters. The van der Waals surface area contributed by atoms with Crippen molar-refractivity contribution < 1.29 is 14.5 Å². The average molecular weight is 356 g/mol. The summed E-state index contributed by atoms with van der Waals surface area (Å²) >= 11 is 0. The van der Waals surface area contributed by atoms with Crippen LogP contribution in [0.15, 0.2) is 36.5 Å². The number of methoxy groups -OCH3 is 1. The molecule has 8 nitrogen and oxygen atoms in total. The lowest BCUT2D eigenvalue weighted by Crippen LogP contribution is -2.49. The molecule has 0 N–H and O–H groups in total. The van der Waals surface area contributed by atoms with Gasteiger partial charge in [-0.15, -0.1) is 0 Å². The Bertz CT molecular complexity index is 814. The van der Waals surface area contributed by atoms with Crippen LogP contribution in [0.25, 0.3) is 0 Å². The van der Waals surface area contributed by atoms with Crippen LogP contribution < -0.4 is 9.64 Å². The topological polar surface area (TPSA) is 88.8 Å². The van der Waals surface area contributed by atoms with Crippen LogP contribution >= 0.6 is 0 Å². The van der Waals surface area contributed by atoms with E-state index >= 15 is 0 Å². The van der Waals surface area contributed by atoms with Crippen LogP contribution in [-0.2, 0) is 0 Å². The van der Waals surface area contributed by atoms with Gasteiger partial charge < -0.3 is 14.5 Å². The number of nitro groups is 1. The number of pyridine rings is 1. The Morgan fingerprint density at radius 2 is 1.85 bits per heavy atom. The van der Waals surface area contributed by atoms with E-state index in [0.29, 0.717) is 37.5 Å². The summed E-state index contributed by atoms with van der Waals surface area (Å²) in [6, 6.07) is 8.59. The zero-order valence-corrected chi connectivity index (χ0v) is 14.7. The number of hydrogen-bond acceptors (Lipinski definition) is 6. The van der Waals surface area contributed by atoms with E-state index in [9.17, 15) is 14.9 Å². The van der Waals surface area contributed by atoms with Gasteiger partial charge in [0.25, 0.3) is 11.6 Å². The number of piperazine rings is 1. The lowest BCUT2D eigenvalue weighted by molar-refractivity contribution is -0.385. The molecule has 2 aromatic rings. The molecule has 1 saturated heterocycles. The van der Waals surface area contributed by atoms with Crippen LogP contribution in [0.3, 0.4) is 0 Å². The predicted molar refractivity (Wildman–Crippen MR) is 96.7 cm³/mol. The van der Waals surface area contributed by atoms with Crippen LogP contribution in [0.1, 0.15) is 15.9 Å². The van der Waals surface area contributed by atoms with Crippen LogP contribution in [0.5, 0.6) is 5.75 Å². The second-order valence-corrected chi connectivity index (χ2v) is 6.10. The number of hydrogen-bond donors (Lipinski definition) is 0. The molecule has 3 rings (SSSR count). The number of aryl methyl sites for hydroxylation is 1. The van der Waals surface area contributed by atoms with Crippen LogP contribution in [-0.4, -0.2) is 54.0 Å². The molecule has 2 heterocycles. The lowest BCUT2D eigenvalue weighted by atomic mass is 10.1. The van der Waals surface area contributed by atoms with Crippen molar-refractivity contribution in [2.45, 2.75) is 6.92 Å². The minimum absolute atomic E-state index is 0.0133.